The molecule has 0 spiro atoms. The van der Waals surface area contributed by atoms with Crippen LogP contribution in [0.2, 0.25) is 0 Å². The highest BCUT2D eigenvalue weighted by molar-refractivity contribution is 5.37. The second kappa shape index (κ2) is 5.45. The molecule has 2 aromatic rings. The highest BCUT2D eigenvalue weighted by Crippen LogP contribution is 2.22. The molecule has 94 valence electrons. The molecule has 0 aliphatic rings. The summed E-state index contributed by atoms with van der Waals surface area (Å²) >= 11 is 0. The lowest BCUT2D eigenvalue weighted by molar-refractivity contribution is 0.304. The van der Waals surface area contributed by atoms with Crippen LogP contribution in [0.1, 0.15) is 11.1 Å². The van der Waals surface area contributed by atoms with Crippen molar-refractivity contribution in [2.75, 3.05) is 7.11 Å². The lowest BCUT2D eigenvalue weighted by Crippen LogP contribution is -1.95. The maximum Gasteiger partial charge on any atom is 0.123 e. The molecule has 0 unspecified atom stereocenters. The highest BCUT2D eigenvalue weighted by atomic mass is 16.5. The zero-order valence-corrected chi connectivity index (χ0v) is 10.5. The van der Waals surface area contributed by atoms with Crippen LogP contribution in [0.25, 0.3) is 0 Å². The zero-order valence-electron chi connectivity index (χ0n) is 10.5. The Balaban J connectivity index is 2.01. The third-order valence-corrected chi connectivity index (χ3v) is 2.60. The van der Waals surface area contributed by atoms with Gasteiger partial charge in [0.25, 0.3) is 0 Å². The molecule has 3 heteroatoms. The van der Waals surface area contributed by atoms with Crippen molar-refractivity contribution in [3.8, 4) is 17.2 Å². The van der Waals surface area contributed by atoms with E-state index in [2.05, 4.69) is 0 Å². The molecule has 0 bridgehead atoms. The van der Waals surface area contributed by atoms with Gasteiger partial charge >= 0.3 is 0 Å². The lowest BCUT2D eigenvalue weighted by Gasteiger charge is -2.08. The van der Waals surface area contributed by atoms with Gasteiger partial charge in [0.2, 0.25) is 0 Å². The van der Waals surface area contributed by atoms with E-state index in [-0.39, 0.29) is 5.75 Å². The van der Waals surface area contributed by atoms with Crippen molar-refractivity contribution in [1.82, 2.24) is 0 Å². The monoisotopic (exact) mass is 244 g/mol. The third-order valence-electron chi connectivity index (χ3n) is 2.60. The maximum atomic E-state index is 9.46. The number of hydrogen-bond donors (Lipinski definition) is 1. The first-order chi connectivity index (χ1) is 8.67. The van der Waals surface area contributed by atoms with Gasteiger partial charge in [-0.05, 0) is 42.3 Å². The molecule has 3 nitrogen and oxygen atoms in total. The van der Waals surface area contributed by atoms with Crippen molar-refractivity contribution in [2.24, 2.45) is 0 Å². The van der Waals surface area contributed by atoms with E-state index in [4.69, 9.17) is 9.47 Å². The van der Waals surface area contributed by atoms with Crippen LogP contribution in [0.3, 0.4) is 0 Å². The molecule has 0 radical (unpaired) electrons. The molecule has 0 heterocycles. The summed E-state index contributed by atoms with van der Waals surface area (Å²) < 4.78 is 10.7. The van der Waals surface area contributed by atoms with E-state index in [1.165, 1.54) is 0 Å². The Hall–Kier alpha value is -2.16. The Bertz CT molecular complexity index is 498. The quantitative estimate of drug-likeness (QED) is 0.897. The fraction of sp³-hybridized carbons (Fsp3) is 0.200. The fourth-order valence-electron chi connectivity index (χ4n) is 1.70. The Morgan fingerprint density at radius 1 is 1.00 bits per heavy atom. The molecule has 2 aromatic carbocycles. The minimum absolute atomic E-state index is 0.222. The molecule has 0 saturated heterocycles. The second-order valence-corrected chi connectivity index (χ2v) is 4.14. The minimum Gasteiger partial charge on any atom is -0.508 e. The highest BCUT2D eigenvalue weighted by Gasteiger charge is 2.00. The first kappa shape index (κ1) is 12.3. The van der Waals surface area contributed by atoms with Gasteiger partial charge < -0.3 is 14.6 Å². The van der Waals surface area contributed by atoms with Gasteiger partial charge in [0.05, 0.1) is 7.11 Å². The Morgan fingerprint density at radius 3 is 2.33 bits per heavy atom. The molecule has 0 saturated carbocycles. The predicted octanol–water partition coefficient (Wildman–Crippen LogP) is 3.29. The Morgan fingerprint density at radius 2 is 1.72 bits per heavy atom. The van der Waals surface area contributed by atoms with Crippen LogP contribution < -0.4 is 9.47 Å². The van der Waals surface area contributed by atoms with Gasteiger partial charge in [0.15, 0.2) is 0 Å². The molecular formula is C15H16O3. The molecule has 0 aliphatic carbocycles. The van der Waals surface area contributed by atoms with Gasteiger partial charge in [-0.25, -0.2) is 0 Å². The summed E-state index contributed by atoms with van der Waals surface area (Å²) in [6.07, 6.45) is 0. The standard InChI is InChI=1S/C15H16O3/c1-11-7-13(16)9-15(8-11)18-10-12-3-5-14(17-2)6-4-12/h3-9,16H,10H2,1-2H3. The van der Waals surface area contributed by atoms with Crippen molar-refractivity contribution >= 4 is 0 Å². The maximum absolute atomic E-state index is 9.46. The van der Waals surface area contributed by atoms with Crippen LogP contribution in [-0.4, -0.2) is 12.2 Å². The number of methoxy groups -OCH3 is 1. The number of rotatable bonds is 4. The molecular weight excluding hydrogens is 228 g/mol. The van der Waals surface area contributed by atoms with Gasteiger partial charge in [-0.1, -0.05) is 12.1 Å². The van der Waals surface area contributed by atoms with E-state index in [0.29, 0.717) is 12.4 Å². The number of benzene rings is 2. The molecule has 2 rings (SSSR count). The zero-order chi connectivity index (χ0) is 13.0. The van der Waals surface area contributed by atoms with E-state index in [0.717, 1.165) is 16.9 Å². The average molecular weight is 244 g/mol. The van der Waals surface area contributed by atoms with Crippen LogP contribution in [0.15, 0.2) is 42.5 Å². The van der Waals surface area contributed by atoms with Gasteiger partial charge in [-0.2, -0.15) is 0 Å². The summed E-state index contributed by atoms with van der Waals surface area (Å²) in [5.74, 6) is 1.72. The molecule has 1 N–H and O–H groups in total. The summed E-state index contributed by atoms with van der Waals surface area (Å²) in [4.78, 5) is 0. The number of aryl methyl sites for hydroxylation is 1. The molecule has 0 fully saturated rings. The Kier molecular flexibility index (Phi) is 3.72. The van der Waals surface area contributed by atoms with Gasteiger partial charge in [-0.3, -0.25) is 0 Å². The summed E-state index contributed by atoms with van der Waals surface area (Å²) in [6, 6.07) is 12.9. The van der Waals surface area contributed by atoms with Crippen molar-refractivity contribution in [2.45, 2.75) is 13.5 Å². The van der Waals surface area contributed by atoms with E-state index in [9.17, 15) is 5.11 Å². The molecule has 0 aliphatic heterocycles. The largest absolute Gasteiger partial charge is 0.508 e. The van der Waals surface area contributed by atoms with E-state index < -0.39 is 0 Å². The number of phenols is 1. The normalized spacial score (nSPS) is 10.1. The van der Waals surface area contributed by atoms with Crippen molar-refractivity contribution < 1.29 is 14.6 Å². The van der Waals surface area contributed by atoms with Crippen LogP contribution in [0.5, 0.6) is 17.2 Å². The number of phenolic OH excluding ortho intramolecular Hbond substituents is 1. The van der Waals surface area contributed by atoms with Crippen molar-refractivity contribution in [3.63, 3.8) is 0 Å². The first-order valence-electron chi connectivity index (χ1n) is 5.74. The van der Waals surface area contributed by atoms with Gasteiger partial charge in [0, 0.05) is 6.07 Å². The topological polar surface area (TPSA) is 38.7 Å². The van der Waals surface area contributed by atoms with Crippen LogP contribution in [0.4, 0.5) is 0 Å². The average Bonchev–Trinajstić information content (AvgIpc) is 2.36. The smallest absolute Gasteiger partial charge is 0.123 e. The van der Waals surface area contributed by atoms with E-state index in [1.54, 1.807) is 19.2 Å². The first-order valence-corrected chi connectivity index (χ1v) is 5.74. The predicted molar refractivity (Wildman–Crippen MR) is 70.2 cm³/mol. The minimum atomic E-state index is 0.222. The van der Waals surface area contributed by atoms with Crippen LogP contribution >= 0.6 is 0 Å². The van der Waals surface area contributed by atoms with Gasteiger partial charge in [-0.15, -0.1) is 0 Å². The van der Waals surface area contributed by atoms with E-state index >= 15 is 0 Å². The fourth-order valence-corrected chi connectivity index (χ4v) is 1.70. The summed E-state index contributed by atoms with van der Waals surface area (Å²) in [5, 5.41) is 9.46. The molecule has 18 heavy (non-hydrogen) atoms. The number of aromatic hydroxyl groups is 1. The second-order valence-electron chi connectivity index (χ2n) is 4.14. The third kappa shape index (κ3) is 3.17. The van der Waals surface area contributed by atoms with Crippen LogP contribution in [0, 0.1) is 6.92 Å². The lowest BCUT2D eigenvalue weighted by atomic mass is 10.2. The molecule has 0 amide bonds. The van der Waals surface area contributed by atoms with Crippen molar-refractivity contribution in [1.29, 1.82) is 0 Å². The van der Waals surface area contributed by atoms with Gasteiger partial charge in [0.1, 0.15) is 23.9 Å². The SMILES string of the molecule is COc1ccc(COc2cc(C)cc(O)c2)cc1. The molecule has 0 atom stereocenters. The van der Waals surface area contributed by atoms with Crippen LogP contribution in [-0.2, 0) is 6.61 Å². The Labute approximate surface area is 107 Å². The van der Waals surface area contributed by atoms with Crippen molar-refractivity contribution in [3.05, 3.63) is 53.6 Å². The summed E-state index contributed by atoms with van der Waals surface area (Å²) in [7, 11) is 1.64. The van der Waals surface area contributed by atoms with E-state index in [1.807, 2.05) is 37.3 Å². The molecule has 0 aromatic heterocycles. The number of hydrogen-bond acceptors (Lipinski definition) is 3. The summed E-state index contributed by atoms with van der Waals surface area (Å²) in [5.41, 5.74) is 2.02. The number of ether oxygens (including phenoxy) is 2. The summed E-state index contributed by atoms with van der Waals surface area (Å²) in [6.45, 7) is 2.38.